The predicted octanol–water partition coefficient (Wildman–Crippen LogP) is 11.4. The first-order valence-electron chi connectivity index (χ1n) is 15.9. The summed E-state index contributed by atoms with van der Waals surface area (Å²) >= 11 is 0. The van der Waals surface area contributed by atoms with E-state index < -0.39 is 5.41 Å². The zero-order valence-corrected chi connectivity index (χ0v) is 25.3. The monoisotopic (exact) mass is 587 g/mol. The second-order valence-electron chi connectivity index (χ2n) is 12.6. The van der Waals surface area contributed by atoms with Crippen LogP contribution in [0, 0.1) is 12.3 Å². The first kappa shape index (κ1) is 25.5. The van der Waals surface area contributed by atoms with Crippen molar-refractivity contribution in [2.45, 2.75) is 6.92 Å². The number of furan rings is 1. The van der Waals surface area contributed by atoms with Crippen LogP contribution in [0.3, 0.4) is 0 Å². The summed E-state index contributed by atoms with van der Waals surface area (Å²) in [5.41, 5.74) is 17.5. The minimum Gasteiger partial charge on any atom is -0.456 e. The number of benzene rings is 5. The predicted molar refractivity (Wildman–Crippen MR) is 192 cm³/mol. The number of anilines is 1. The number of hydrogen-bond acceptors (Lipinski definition) is 2. The molecule has 0 fully saturated rings. The maximum absolute atomic E-state index is 6.32. The molecule has 0 radical (unpaired) electrons. The topological polar surface area (TPSA) is 25.2 Å². The molecule has 4 aliphatic rings. The Kier molecular flexibility index (Phi) is 5.16. The van der Waals surface area contributed by atoms with Crippen LogP contribution in [0.5, 0.6) is 0 Å². The van der Waals surface area contributed by atoms with Crippen molar-refractivity contribution in [1.82, 2.24) is 0 Å². The van der Waals surface area contributed by atoms with Crippen LogP contribution in [-0.4, -0.2) is 0 Å². The fraction of sp³-hybridized carbons (Fsp3) is 0.0455. The summed E-state index contributed by atoms with van der Waals surface area (Å²) in [5, 5.41) is 6.34. The van der Waals surface area contributed by atoms with Gasteiger partial charge >= 0.3 is 0 Å². The lowest BCUT2D eigenvalue weighted by Gasteiger charge is -2.42. The molecule has 6 aromatic rings. The lowest BCUT2D eigenvalue weighted by molar-refractivity contribution is 0.669. The molecule has 0 bridgehead atoms. The first-order chi connectivity index (χ1) is 22.7. The van der Waals surface area contributed by atoms with Gasteiger partial charge in [-0.1, -0.05) is 115 Å². The van der Waals surface area contributed by atoms with Crippen molar-refractivity contribution in [2.24, 2.45) is 5.41 Å². The summed E-state index contributed by atoms with van der Waals surface area (Å²) < 4.78 is 6.32. The summed E-state index contributed by atoms with van der Waals surface area (Å²) in [6.45, 7) is 2.21. The maximum Gasteiger partial charge on any atom is 0.136 e. The van der Waals surface area contributed by atoms with Gasteiger partial charge in [0, 0.05) is 27.7 Å². The number of nitrogens with one attached hydrogen (secondary N) is 1. The summed E-state index contributed by atoms with van der Waals surface area (Å²) in [6.07, 6.45) is 16.4. The number of aryl methyl sites for hydroxylation is 1. The molecule has 10 rings (SSSR count). The standard InChI is InChI=1S/C44H29NO/c1-27-11-8-19-38(42(27)35-17-9-21-40-43(35)34-16-6-7-20-39(34)46-40)45-41-23-22-33-31-15-5-3-13-29(31)26-37(33)44(41)24-10-18-32-30-14-4-2-12-28(30)25-36(32)44/h2-26,45H,1H3. The van der Waals surface area contributed by atoms with Crippen molar-refractivity contribution >= 4 is 50.9 Å². The van der Waals surface area contributed by atoms with Crippen LogP contribution < -0.4 is 5.32 Å². The minimum atomic E-state index is -0.485. The number of allylic oxidation sites excluding steroid dienone is 7. The first-order valence-corrected chi connectivity index (χ1v) is 15.9. The van der Waals surface area contributed by atoms with Crippen molar-refractivity contribution in [1.29, 1.82) is 0 Å². The van der Waals surface area contributed by atoms with Crippen molar-refractivity contribution in [3.63, 3.8) is 0 Å². The van der Waals surface area contributed by atoms with Gasteiger partial charge in [-0.15, -0.1) is 0 Å². The smallest absolute Gasteiger partial charge is 0.136 e. The van der Waals surface area contributed by atoms with E-state index in [1.807, 2.05) is 6.07 Å². The van der Waals surface area contributed by atoms with Crippen molar-refractivity contribution in [2.75, 3.05) is 5.32 Å². The van der Waals surface area contributed by atoms with Gasteiger partial charge in [0.05, 0.1) is 5.41 Å². The highest BCUT2D eigenvalue weighted by molar-refractivity contribution is 6.14. The quantitative estimate of drug-likeness (QED) is 0.223. The molecular weight excluding hydrogens is 558 g/mol. The molecule has 0 saturated heterocycles. The molecule has 0 amide bonds. The van der Waals surface area contributed by atoms with Crippen LogP contribution in [0.2, 0.25) is 0 Å². The highest BCUT2D eigenvalue weighted by atomic mass is 16.3. The van der Waals surface area contributed by atoms with Crippen LogP contribution in [0.25, 0.3) is 56.4 Å². The molecule has 46 heavy (non-hydrogen) atoms. The second kappa shape index (κ2) is 9.32. The van der Waals surface area contributed by atoms with E-state index >= 15 is 0 Å². The Morgan fingerprint density at radius 1 is 0.587 bits per heavy atom. The number of fused-ring (bicyclic) bond motifs is 11. The zero-order chi connectivity index (χ0) is 30.4. The van der Waals surface area contributed by atoms with Gasteiger partial charge in [0.25, 0.3) is 0 Å². The molecular formula is C44H29NO. The Morgan fingerprint density at radius 3 is 2.04 bits per heavy atom. The van der Waals surface area contributed by atoms with Crippen molar-refractivity contribution < 1.29 is 4.42 Å². The molecule has 5 aromatic carbocycles. The second-order valence-corrected chi connectivity index (χ2v) is 12.6. The van der Waals surface area contributed by atoms with Gasteiger partial charge in [0.2, 0.25) is 0 Å². The van der Waals surface area contributed by atoms with E-state index in [2.05, 4.69) is 158 Å². The Bertz CT molecular complexity index is 2490. The summed E-state index contributed by atoms with van der Waals surface area (Å²) in [4.78, 5) is 0. The molecule has 0 aliphatic heterocycles. The number of hydrogen-bond donors (Lipinski definition) is 1. The van der Waals surface area contributed by atoms with Crippen LogP contribution >= 0.6 is 0 Å². The Labute approximate surface area is 267 Å². The van der Waals surface area contributed by atoms with Crippen LogP contribution in [-0.2, 0) is 0 Å². The van der Waals surface area contributed by atoms with E-state index in [-0.39, 0.29) is 0 Å². The Hall–Kier alpha value is -5.86. The summed E-state index contributed by atoms with van der Waals surface area (Å²) in [6, 6.07) is 38.9. The molecule has 1 unspecified atom stereocenters. The van der Waals surface area contributed by atoms with Gasteiger partial charge in [0.1, 0.15) is 11.2 Å². The van der Waals surface area contributed by atoms with E-state index in [9.17, 15) is 0 Å². The van der Waals surface area contributed by atoms with E-state index in [1.54, 1.807) is 0 Å². The van der Waals surface area contributed by atoms with Gasteiger partial charge in [-0.05, 0) is 99.0 Å². The van der Waals surface area contributed by atoms with Crippen LogP contribution in [0.1, 0.15) is 27.8 Å². The number of rotatable bonds is 3. The van der Waals surface area contributed by atoms with Crippen molar-refractivity contribution in [3.8, 4) is 11.1 Å². The molecule has 216 valence electrons. The lowest BCUT2D eigenvalue weighted by Crippen LogP contribution is -2.33. The molecule has 2 heteroatoms. The fourth-order valence-electron chi connectivity index (χ4n) is 8.19. The van der Waals surface area contributed by atoms with E-state index in [4.69, 9.17) is 4.42 Å². The van der Waals surface area contributed by atoms with E-state index in [0.717, 1.165) is 33.3 Å². The molecule has 2 nitrogen and oxygen atoms in total. The van der Waals surface area contributed by atoms with Gasteiger partial charge in [0.15, 0.2) is 0 Å². The Morgan fingerprint density at radius 2 is 1.24 bits per heavy atom. The van der Waals surface area contributed by atoms with Gasteiger partial charge in [-0.2, -0.15) is 0 Å². The highest BCUT2D eigenvalue weighted by Crippen LogP contribution is 2.61. The van der Waals surface area contributed by atoms with E-state index in [1.165, 1.54) is 61.2 Å². The number of para-hydroxylation sites is 1. The fourth-order valence-corrected chi connectivity index (χ4v) is 8.19. The minimum absolute atomic E-state index is 0.485. The Balaban J connectivity index is 1.19. The third-order valence-electron chi connectivity index (χ3n) is 10.2. The zero-order valence-electron chi connectivity index (χ0n) is 25.3. The summed E-state index contributed by atoms with van der Waals surface area (Å²) in [5.74, 6) is 0. The third-order valence-corrected chi connectivity index (χ3v) is 10.2. The molecule has 0 saturated carbocycles. The van der Waals surface area contributed by atoms with Gasteiger partial charge in [-0.25, -0.2) is 0 Å². The third kappa shape index (κ3) is 3.36. The molecule has 1 aromatic heterocycles. The van der Waals surface area contributed by atoms with Gasteiger partial charge < -0.3 is 9.73 Å². The summed E-state index contributed by atoms with van der Waals surface area (Å²) in [7, 11) is 0. The largest absolute Gasteiger partial charge is 0.456 e. The van der Waals surface area contributed by atoms with Crippen LogP contribution in [0.4, 0.5) is 5.69 Å². The molecule has 4 aliphatic carbocycles. The maximum atomic E-state index is 6.32. The molecule has 1 N–H and O–H groups in total. The highest BCUT2D eigenvalue weighted by Gasteiger charge is 2.48. The van der Waals surface area contributed by atoms with E-state index in [0.29, 0.717) is 0 Å². The average molecular weight is 588 g/mol. The molecule has 1 atom stereocenters. The molecule has 1 spiro atoms. The van der Waals surface area contributed by atoms with Crippen LogP contribution in [0.15, 0.2) is 161 Å². The average Bonchev–Trinajstić information content (AvgIpc) is 3.78. The molecule has 1 heterocycles. The SMILES string of the molecule is Cc1cccc(NC2=CC=C3C(=Cc4ccccc43)C23C=CC=C2C3=Cc3ccccc32)c1-c1cccc2oc3ccccc3c12. The van der Waals surface area contributed by atoms with Gasteiger partial charge in [-0.3, -0.25) is 0 Å². The normalized spacial score (nSPS) is 18.8. The van der Waals surface area contributed by atoms with Crippen molar-refractivity contribution in [3.05, 3.63) is 184 Å². The lowest BCUT2D eigenvalue weighted by atomic mass is 9.63.